The standard InChI is InChI=1S/C20H23N3O3/c24-18(16-9-5-11-25-16)23-12-15-8-4-10-20(15,13-23)19-21-17(22-26-19)14-6-2-1-3-7-14/h1-3,6-7,15-16H,4-5,8-13H2/t15-,16-,20-/m1/s1. The highest BCUT2D eigenvalue weighted by molar-refractivity contribution is 5.81. The molecule has 5 rings (SSSR count). The van der Waals surface area contributed by atoms with Gasteiger partial charge in [-0.2, -0.15) is 4.98 Å². The van der Waals surface area contributed by atoms with Crippen molar-refractivity contribution in [3.63, 3.8) is 0 Å². The second-order valence-corrected chi connectivity index (χ2v) is 7.75. The number of fused-ring (bicyclic) bond motifs is 1. The van der Waals surface area contributed by atoms with Crippen LogP contribution in [0.3, 0.4) is 0 Å². The zero-order valence-corrected chi connectivity index (χ0v) is 14.8. The fraction of sp³-hybridized carbons (Fsp3) is 0.550. The molecule has 0 unspecified atom stereocenters. The van der Waals surface area contributed by atoms with Crippen molar-refractivity contribution >= 4 is 5.91 Å². The minimum atomic E-state index is -0.256. The molecule has 1 aliphatic carbocycles. The van der Waals surface area contributed by atoms with E-state index in [2.05, 4.69) is 5.16 Å². The van der Waals surface area contributed by atoms with Crippen LogP contribution in [0, 0.1) is 5.92 Å². The lowest BCUT2D eigenvalue weighted by Gasteiger charge is -2.25. The fourth-order valence-electron chi connectivity index (χ4n) is 4.91. The molecule has 2 saturated heterocycles. The summed E-state index contributed by atoms with van der Waals surface area (Å²) >= 11 is 0. The van der Waals surface area contributed by atoms with Crippen LogP contribution in [0.1, 0.15) is 38.0 Å². The summed E-state index contributed by atoms with van der Waals surface area (Å²) in [5.74, 6) is 1.86. The normalized spacial score (nSPS) is 30.7. The molecule has 136 valence electrons. The zero-order chi connectivity index (χ0) is 17.6. The predicted octanol–water partition coefficient (Wildman–Crippen LogP) is 2.80. The summed E-state index contributed by atoms with van der Waals surface area (Å²) in [6, 6.07) is 9.89. The maximum atomic E-state index is 12.8. The molecular formula is C20H23N3O3. The molecule has 1 aromatic carbocycles. The van der Waals surface area contributed by atoms with E-state index in [0.717, 1.165) is 44.2 Å². The summed E-state index contributed by atoms with van der Waals surface area (Å²) in [5.41, 5.74) is 0.771. The molecule has 0 bridgehead atoms. The van der Waals surface area contributed by atoms with Gasteiger partial charge in [-0.15, -0.1) is 0 Å². The number of benzene rings is 1. The van der Waals surface area contributed by atoms with E-state index < -0.39 is 0 Å². The highest BCUT2D eigenvalue weighted by atomic mass is 16.5. The number of carbonyl (C=O) groups is 1. The van der Waals surface area contributed by atoms with E-state index in [1.807, 2.05) is 35.2 Å². The molecule has 3 fully saturated rings. The number of hydrogen-bond acceptors (Lipinski definition) is 5. The van der Waals surface area contributed by atoms with Crippen LogP contribution < -0.4 is 0 Å². The third-order valence-electron chi connectivity index (χ3n) is 6.27. The van der Waals surface area contributed by atoms with Crippen LogP contribution in [0.15, 0.2) is 34.9 Å². The van der Waals surface area contributed by atoms with Crippen molar-refractivity contribution in [2.75, 3.05) is 19.7 Å². The molecular weight excluding hydrogens is 330 g/mol. The summed E-state index contributed by atoms with van der Waals surface area (Å²) in [6.07, 6.45) is 4.82. The number of ether oxygens (including phenoxy) is 1. The van der Waals surface area contributed by atoms with Crippen LogP contribution in [-0.2, 0) is 14.9 Å². The van der Waals surface area contributed by atoms with Crippen LogP contribution in [0.2, 0.25) is 0 Å². The van der Waals surface area contributed by atoms with Gasteiger partial charge in [0, 0.05) is 25.3 Å². The van der Waals surface area contributed by atoms with Crippen LogP contribution in [0.4, 0.5) is 0 Å². The summed E-state index contributed by atoms with van der Waals surface area (Å²) in [7, 11) is 0. The number of nitrogens with zero attached hydrogens (tertiary/aromatic N) is 3. The van der Waals surface area contributed by atoms with E-state index in [1.54, 1.807) is 0 Å². The lowest BCUT2D eigenvalue weighted by atomic mass is 9.80. The summed E-state index contributed by atoms with van der Waals surface area (Å²) < 4.78 is 11.3. The first-order chi connectivity index (χ1) is 12.8. The lowest BCUT2D eigenvalue weighted by molar-refractivity contribution is -0.140. The molecule has 0 radical (unpaired) electrons. The Kier molecular flexibility index (Phi) is 3.81. The lowest BCUT2D eigenvalue weighted by Crippen LogP contribution is -2.40. The van der Waals surface area contributed by atoms with Gasteiger partial charge in [-0.3, -0.25) is 4.79 Å². The van der Waals surface area contributed by atoms with Crippen molar-refractivity contribution in [2.24, 2.45) is 5.92 Å². The van der Waals surface area contributed by atoms with Crippen molar-refractivity contribution in [1.29, 1.82) is 0 Å². The Labute approximate surface area is 152 Å². The summed E-state index contributed by atoms with van der Waals surface area (Å²) in [6.45, 7) is 2.15. The molecule has 3 atom stereocenters. The third kappa shape index (κ3) is 2.47. The Balaban J connectivity index is 1.42. The average Bonchev–Trinajstić information content (AvgIpc) is 3.44. The van der Waals surface area contributed by atoms with Gasteiger partial charge < -0.3 is 14.2 Å². The van der Waals surface area contributed by atoms with E-state index >= 15 is 0 Å². The van der Waals surface area contributed by atoms with Gasteiger partial charge in [0.05, 0.1) is 5.41 Å². The SMILES string of the molecule is O=C([C@H]1CCCO1)N1C[C@H]2CCC[C@@]2(c2nc(-c3ccccc3)no2)C1. The predicted molar refractivity (Wildman–Crippen MR) is 94.3 cm³/mol. The highest BCUT2D eigenvalue weighted by Gasteiger charge is 2.55. The highest BCUT2D eigenvalue weighted by Crippen LogP contribution is 2.50. The molecule has 3 aliphatic rings. The van der Waals surface area contributed by atoms with Gasteiger partial charge >= 0.3 is 0 Å². The first-order valence-electron chi connectivity index (χ1n) is 9.56. The molecule has 1 amide bonds. The number of rotatable bonds is 3. The van der Waals surface area contributed by atoms with Gasteiger partial charge in [0.2, 0.25) is 11.7 Å². The topological polar surface area (TPSA) is 68.5 Å². The molecule has 3 heterocycles. The van der Waals surface area contributed by atoms with Crippen molar-refractivity contribution in [3.8, 4) is 11.4 Å². The largest absolute Gasteiger partial charge is 0.368 e. The number of aromatic nitrogens is 2. The number of hydrogen-bond donors (Lipinski definition) is 0. The molecule has 0 N–H and O–H groups in total. The van der Waals surface area contributed by atoms with Gasteiger partial charge in [0.1, 0.15) is 6.10 Å². The van der Waals surface area contributed by atoms with Crippen molar-refractivity contribution in [2.45, 2.75) is 43.6 Å². The minimum absolute atomic E-state index is 0.138. The molecule has 26 heavy (non-hydrogen) atoms. The maximum absolute atomic E-state index is 12.8. The van der Waals surface area contributed by atoms with Crippen LogP contribution >= 0.6 is 0 Å². The number of likely N-dealkylation sites (tertiary alicyclic amines) is 1. The Bertz CT molecular complexity index is 800. The molecule has 1 aromatic heterocycles. The van der Waals surface area contributed by atoms with Crippen LogP contribution in [-0.4, -0.2) is 46.7 Å². The average molecular weight is 353 g/mol. The maximum Gasteiger partial charge on any atom is 0.251 e. The number of amides is 1. The van der Waals surface area contributed by atoms with E-state index in [9.17, 15) is 4.79 Å². The monoisotopic (exact) mass is 353 g/mol. The molecule has 1 saturated carbocycles. The van der Waals surface area contributed by atoms with Gasteiger partial charge in [-0.1, -0.05) is 41.9 Å². The van der Waals surface area contributed by atoms with Crippen molar-refractivity contribution < 1.29 is 14.1 Å². The van der Waals surface area contributed by atoms with Crippen LogP contribution in [0.25, 0.3) is 11.4 Å². The second-order valence-electron chi connectivity index (χ2n) is 7.75. The zero-order valence-electron chi connectivity index (χ0n) is 14.8. The minimum Gasteiger partial charge on any atom is -0.368 e. The Morgan fingerprint density at radius 2 is 2.08 bits per heavy atom. The van der Waals surface area contributed by atoms with Gasteiger partial charge in [-0.05, 0) is 31.6 Å². The molecule has 6 heteroatoms. The number of carbonyl (C=O) groups excluding carboxylic acids is 1. The Morgan fingerprint density at radius 1 is 1.19 bits per heavy atom. The molecule has 2 aromatic rings. The second kappa shape index (κ2) is 6.20. The Morgan fingerprint density at radius 3 is 2.88 bits per heavy atom. The summed E-state index contributed by atoms with van der Waals surface area (Å²) in [5, 5.41) is 4.22. The fourth-order valence-corrected chi connectivity index (χ4v) is 4.91. The van der Waals surface area contributed by atoms with E-state index in [-0.39, 0.29) is 17.4 Å². The van der Waals surface area contributed by atoms with Gasteiger partial charge in [0.15, 0.2) is 0 Å². The van der Waals surface area contributed by atoms with Crippen molar-refractivity contribution in [3.05, 3.63) is 36.2 Å². The molecule has 2 aliphatic heterocycles. The van der Waals surface area contributed by atoms with Crippen molar-refractivity contribution in [1.82, 2.24) is 15.0 Å². The third-order valence-corrected chi connectivity index (χ3v) is 6.27. The van der Waals surface area contributed by atoms with Crippen LogP contribution in [0.5, 0.6) is 0 Å². The first kappa shape index (κ1) is 16.0. The first-order valence-corrected chi connectivity index (χ1v) is 9.56. The molecule has 6 nitrogen and oxygen atoms in total. The van der Waals surface area contributed by atoms with Gasteiger partial charge in [-0.25, -0.2) is 0 Å². The summed E-state index contributed by atoms with van der Waals surface area (Å²) in [4.78, 5) is 19.5. The van der Waals surface area contributed by atoms with Gasteiger partial charge in [0.25, 0.3) is 5.91 Å². The van der Waals surface area contributed by atoms with E-state index in [4.69, 9.17) is 14.2 Å². The Hall–Kier alpha value is -2.21. The quantitative estimate of drug-likeness (QED) is 0.849. The van der Waals surface area contributed by atoms with E-state index in [0.29, 0.717) is 30.8 Å². The van der Waals surface area contributed by atoms with E-state index in [1.165, 1.54) is 0 Å². The smallest absolute Gasteiger partial charge is 0.251 e. The molecule has 0 spiro atoms.